The predicted molar refractivity (Wildman–Crippen MR) is 167 cm³/mol. The van der Waals surface area contributed by atoms with Gasteiger partial charge < -0.3 is 25.2 Å². The second-order valence-electron chi connectivity index (χ2n) is 11.0. The first-order valence-electron chi connectivity index (χ1n) is 14.3. The maximum Gasteiger partial charge on any atom is 0.254 e. The second-order valence-corrected chi connectivity index (χ2v) is 11.4. The molecule has 3 atom stereocenters. The van der Waals surface area contributed by atoms with Gasteiger partial charge in [0.25, 0.3) is 5.91 Å². The fourth-order valence-corrected chi connectivity index (χ4v) is 5.96. The molecule has 0 bridgehead atoms. The highest BCUT2D eigenvalue weighted by Crippen LogP contribution is 2.24. The Balaban J connectivity index is 1.26. The van der Waals surface area contributed by atoms with E-state index in [4.69, 9.17) is 11.6 Å². The van der Waals surface area contributed by atoms with Crippen molar-refractivity contribution in [2.75, 3.05) is 13.6 Å². The Morgan fingerprint density at radius 1 is 1.05 bits per heavy atom. The highest BCUT2D eigenvalue weighted by atomic mass is 35.5. The van der Waals surface area contributed by atoms with Gasteiger partial charge in [0, 0.05) is 73.1 Å². The van der Waals surface area contributed by atoms with E-state index in [1.54, 1.807) is 43.7 Å². The Morgan fingerprint density at radius 3 is 2.61 bits per heavy atom. The molecular weight excluding hydrogens is 580 g/mol. The molecular formula is C33H31ClN6O4. The summed E-state index contributed by atoms with van der Waals surface area (Å²) in [6.45, 7) is 0.235. The van der Waals surface area contributed by atoms with Crippen molar-refractivity contribution >= 4 is 51.3 Å². The van der Waals surface area contributed by atoms with Crippen LogP contribution in [-0.4, -0.2) is 79.4 Å². The summed E-state index contributed by atoms with van der Waals surface area (Å²) < 4.78 is 0. The summed E-state index contributed by atoms with van der Waals surface area (Å²) in [4.78, 5) is 56.0. The average molecular weight is 611 g/mol. The molecule has 1 fully saturated rings. The van der Waals surface area contributed by atoms with Gasteiger partial charge in [0.15, 0.2) is 0 Å². The fraction of sp³-hybridized carbons (Fsp3) is 0.242. The van der Waals surface area contributed by atoms with E-state index >= 15 is 0 Å². The highest BCUT2D eigenvalue weighted by molar-refractivity contribution is 6.31. The van der Waals surface area contributed by atoms with Crippen molar-refractivity contribution in [3.63, 3.8) is 0 Å². The molecule has 2 aromatic heterocycles. The van der Waals surface area contributed by atoms with Gasteiger partial charge in [-0.25, -0.2) is 0 Å². The molecule has 3 N–H and O–H groups in total. The van der Waals surface area contributed by atoms with E-state index in [0.717, 1.165) is 22.0 Å². The van der Waals surface area contributed by atoms with E-state index in [9.17, 15) is 19.5 Å². The third-order valence-corrected chi connectivity index (χ3v) is 8.38. The number of aliphatic hydroxyl groups is 1. The molecule has 44 heavy (non-hydrogen) atoms. The first-order valence-corrected chi connectivity index (χ1v) is 14.7. The lowest BCUT2D eigenvalue weighted by Gasteiger charge is -2.28. The predicted octanol–water partition coefficient (Wildman–Crippen LogP) is 3.73. The number of likely N-dealkylation sites (tertiary alicyclic amines) is 1. The molecule has 2 unspecified atom stereocenters. The van der Waals surface area contributed by atoms with E-state index < -0.39 is 30.0 Å². The van der Waals surface area contributed by atoms with Crippen LogP contribution in [-0.2, 0) is 22.6 Å². The summed E-state index contributed by atoms with van der Waals surface area (Å²) in [6, 6.07) is 18.1. The van der Waals surface area contributed by atoms with Crippen LogP contribution in [0, 0.1) is 0 Å². The molecule has 0 aliphatic carbocycles. The number of likely N-dealkylation sites (N-methyl/N-ethyl adjacent to an activating group) is 1. The Kier molecular flexibility index (Phi) is 8.28. The van der Waals surface area contributed by atoms with Crippen molar-refractivity contribution in [1.29, 1.82) is 0 Å². The summed E-state index contributed by atoms with van der Waals surface area (Å²) in [5.41, 5.74) is 4.07. The molecule has 6 rings (SSSR count). The smallest absolute Gasteiger partial charge is 0.254 e. The largest absolute Gasteiger partial charge is 0.391 e. The van der Waals surface area contributed by atoms with Gasteiger partial charge in [-0.3, -0.25) is 24.4 Å². The van der Waals surface area contributed by atoms with Crippen LogP contribution in [0.25, 0.3) is 21.9 Å². The summed E-state index contributed by atoms with van der Waals surface area (Å²) in [6.07, 6.45) is 4.33. The Hall–Kier alpha value is -4.80. The lowest BCUT2D eigenvalue weighted by Crippen LogP contribution is -2.54. The summed E-state index contributed by atoms with van der Waals surface area (Å²) in [5, 5.41) is 15.0. The lowest BCUT2D eigenvalue weighted by molar-refractivity contribution is -0.136. The second kappa shape index (κ2) is 12.4. The Labute approximate surface area is 258 Å². The van der Waals surface area contributed by atoms with Crippen molar-refractivity contribution in [2.24, 2.45) is 0 Å². The van der Waals surface area contributed by atoms with Crippen LogP contribution in [0.15, 0.2) is 85.3 Å². The quantitative estimate of drug-likeness (QED) is 0.245. The number of amides is 3. The van der Waals surface area contributed by atoms with Crippen molar-refractivity contribution in [1.82, 2.24) is 30.1 Å². The number of para-hydroxylation sites is 1. The monoisotopic (exact) mass is 610 g/mol. The summed E-state index contributed by atoms with van der Waals surface area (Å²) in [7, 11) is 1.66. The van der Waals surface area contributed by atoms with Crippen LogP contribution in [0.5, 0.6) is 0 Å². The Bertz CT molecular complexity index is 1860. The zero-order valence-corrected chi connectivity index (χ0v) is 24.7. The van der Waals surface area contributed by atoms with Crippen LogP contribution >= 0.6 is 11.6 Å². The van der Waals surface area contributed by atoms with E-state index in [1.165, 1.54) is 9.80 Å². The fourth-order valence-electron chi connectivity index (χ4n) is 5.76. The summed E-state index contributed by atoms with van der Waals surface area (Å²) in [5.74, 6) is -1.24. The lowest BCUT2D eigenvalue weighted by atomic mass is 10.0. The van der Waals surface area contributed by atoms with Crippen LogP contribution in [0.1, 0.15) is 27.9 Å². The van der Waals surface area contributed by atoms with Crippen LogP contribution in [0.3, 0.4) is 0 Å². The van der Waals surface area contributed by atoms with Gasteiger partial charge in [-0.1, -0.05) is 48.0 Å². The number of carbonyl (C=O) groups is 3. The van der Waals surface area contributed by atoms with Gasteiger partial charge in [-0.05, 0) is 41.5 Å². The van der Waals surface area contributed by atoms with Crippen molar-refractivity contribution in [3.05, 3.63) is 107 Å². The van der Waals surface area contributed by atoms with Crippen molar-refractivity contribution < 1.29 is 19.5 Å². The number of halogens is 1. The van der Waals surface area contributed by atoms with Gasteiger partial charge in [-0.15, -0.1) is 0 Å². The van der Waals surface area contributed by atoms with Gasteiger partial charge in [-0.2, -0.15) is 0 Å². The zero-order valence-electron chi connectivity index (χ0n) is 24.0. The normalized spacial score (nSPS) is 17.1. The molecule has 0 spiro atoms. The SMILES string of the molecule is CN(Cc1ccccc1Cl)C(=O)C(Cc1c[nH]c2ccccc12)NC(=O)C1C[C@@H](O)CN1C(=O)c1ccc2nccnc2c1. The van der Waals surface area contributed by atoms with E-state index in [1.807, 2.05) is 48.7 Å². The zero-order chi connectivity index (χ0) is 30.8. The number of carbonyl (C=O) groups excluding carboxylic acids is 3. The number of aliphatic hydroxyl groups excluding tert-OH is 1. The molecule has 1 aliphatic heterocycles. The standard InChI is InChI=1S/C33H31ClN6O4/c1-39(18-21-6-2-4-8-25(21)34)33(44)29(15-22-17-37-26-9-5-3-7-24(22)26)38-31(42)30-16-23(41)19-40(30)32(43)20-10-11-27-28(14-20)36-13-12-35-27/h2-14,17,23,29-30,37,41H,15-16,18-19H2,1H3,(H,38,42)/t23-,29?,30?/m1/s1. The number of aromatic amines is 1. The third-order valence-electron chi connectivity index (χ3n) is 8.01. The molecule has 10 nitrogen and oxygen atoms in total. The average Bonchev–Trinajstić information content (AvgIpc) is 3.64. The number of aromatic nitrogens is 3. The van der Waals surface area contributed by atoms with E-state index in [2.05, 4.69) is 20.3 Å². The number of hydrogen-bond acceptors (Lipinski definition) is 6. The number of benzene rings is 3. The van der Waals surface area contributed by atoms with Gasteiger partial charge in [0.05, 0.1) is 17.1 Å². The van der Waals surface area contributed by atoms with E-state index in [0.29, 0.717) is 21.6 Å². The van der Waals surface area contributed by atoms with E-state index in [-0.39, 0.29) is 31.8 Å². The van der Waals surface area contributed by atoms with Crippen LogP contribution in [0.2, 0.25) is 5.02 Å². The minimum atomic E-state index is -0.970. The number of hydrogen-bond donors (Lipinski definition) is 3. The molecule has 224 valence electrons. The molecule has 3 heterocycles. The third kappa shape index (κ3) is 5.99. The topological polar surface area (TPSA) is 132 Å². The molecule has 1 saturated heterocycles. The van der Waals surface area contributed by atoms with Gasteiger partial charge in [0.1, 0.15) is 12.1 Å². The molecule has 0 radical (unpaired) electrons. The summed E-state index contributed by atoms with van der Waals surface area (Å²) >= 11 is 6.37. The molecule has 3 amide bonds. The minimum absolute atomic E-state index is 0.0110. The van der Waals surface area contributed by atoms with Crippen molar-refractivity contribution in [2.45, 2.75) is 37.6 Å². The van der Waals surface area contributed by atoms with Crippen LogP contribution < -0.4 is 5.32 Å². The number of H-pyrrole nitrogens is 1. The molecule has 11 heteroatoms. The number of nitrogens with one attached hydrogen (secondary N) is 2. The number of β-amino-alcohol motifs (C(OH)–C–C–N with tert-alkyl or cyclic N) is 1. The molecule has 0 saturated carbocycles. The number of nitrogens with zero attached hydrogens (tertiary/aromatic N) is 4. The minimum Gasteiger partial charge on any atom is -0.391 e. The number of rotatable bonds is 8. The van der Waals surface area contributed by atoms with Gasteiger partial charge >= 0.3 is 0 Å². The van der Waals surface area contributed by atoms with Crippen LogP contribution in [0.4, 0.5) is 0 Å². The first-order chi connectivity index (χ1) is 21.3. The molecule has 3 aromatic carbocycles. The maximum absolute atomic E-state index is 13.9. The Morgan fingerprint density at radius 2 is 1.80 bits per heavy atom. The maximum atomic E-state index is 13.9. The van der Waals surface area contributed by atoms with Crippen molar-refractivity contribution in [3.8, 4) is 0 Å². The van der Waals surface area contributed by atoms with Gasteiger partial charge in [0.2, 0.25) is 11.8 Å². The first kappa shape index (κ1) is 29.3. The molecule has 1 aliphatic rings. The molecule has 5 aromatic rings. The number of fused-ring (bicyclic) bond motifs is 2. The highest BCUT2D eigenvalue weighted by Gasteiger charge is 2.41.